The van der Waals surface area contributed by atoms with Crippen LogP contribution in [0.5, 0.6) is 5.75 Å². The lowest BCUT2D eigenvalue weighted by Crippen LogP contribution is -2.11. The Morgan fingerprint density at radius 1 is 1.16 bits per heavy atom. The van der Waals surface area contributed by atoms with Gasteiger partial charge in [0.25, 0.3) is 5.91 Å². The maximum absolute atomic E-state index is 13.0. The zero-order valence-corrected chi connectivity index (χ0v) is 18.2. The number of amides is 1. The summed E-state index contributed by atoms with van der Waals surface area (Å²) in [5, 5.41) is 9.58. The molecule has 0 spiro atoms. The lowest BCUT2D eigenvalue weighted by atomic mass is 10.2. The molecular formula is C23H19ClFN3O2S. The molecule has 0 bridgehead atoms. The van der Waals surface area contributed by atoms with Crippen molar-refractivity contribution in [3.8, 4) is 5.75 Å². The minimum atomic E-state index is -0.278. The molecule has 1 N–H and O–H groups in total. The fourth-order valence-electron chi connectivity index (χ4n) is 2.92. The summed E-state index contributed by atoms with van der Waals surface area (Å²) in [6.07, 6.45) is 1.76. The van der Waals surface area contributed by atoms with E-state index in [-0.39, 0.29) is 11.7 Å². The van der Waals surface area contributed by atoms with Crippen molar-refractivity contribution in [1.82, 2.24) is 9.78 Å². The van der Waals surface area contributed by atoms with Crippen LogP contribution in [-0.2, 0) is 13.2 Å². The molecule has 0 saturated heterocycles. The molecule has 0 fully saturated rings. The van der Waals surface area contributed by atoms with Crippen LogP contribution < -0.4 is 10.1 Å². The Morgan fingerprint density at radius 3 is 2.77 bits per heavy atom. The molecule has 1 amide bonds. The number of aromatic nitrogens is 2. The van der Waals surface area contributed by atoms with Gasteiger partial charge in [0.2, 0.25) is 0 Å². The summed E-state index contributed by atoms with van der Waals surface area (Å²) in [6.45, 7) is 2.77. The Morgan fingerprint density at radius 2 is 1.97 bits per heavy atom. The highest BCUT2D eigenvalue weighted by molar-refractivity contribution is 7.12. The van der Waals surface area contributed by atoms with Crippen molar-refractivity contribution in [1.29, 1.82) is 0 Å². The van der Waals surface area contributed by atoms with Gasteiger partial charge in [-0.25, -0.2) is 4.39 Å². The number of halogens is 2. The lowest BCUT2D eigenvalue weighted by molar-refractivity contribution is 0.103. The van der Waals surface area contributed by atoms with E-state index in [1.165, 1.54) is 23.5 Å². The molecule has 0 aliphatic heterocycles. The number of nitrogens with zero attached hydrogens (tertiary/aromatic N) is 2. The van der Waals surface area contributed by atoms with E-state index in [0.29, 0.717) is 34.6 Å². The van der Waals surface area contributed by atoms with Crippen LogP contribution >= 0.6 is 22.9 Å². The molecule has 8 heteroatoms. The van der Waals surface area contributed by atoms with Crippen molar-refractivity contribution < 1.29 is 13.9 Å². The van der Waals surface area contributed by atoms with E-state index in [0.717, 1.165) is 16.7 Å². The Balaban J connectivity index is 1.34. The zero-order chi connectivity index (χ0) is 21.8. The van der Waals surface area contributed by atoms with E-state index < -0.39 is 0 Å². The Bertz CT molecular complexity index is 1200. The van der Waals surface area contributed by atoms with Crippen LogP contribution in [0, 0.1) is 12.7 Å². The van der Waals surface area contributed by atoms with Gasteiger partial charge in [0.1, 0.15) is 18.2 Å². The van der Waals surface area contributed by atoms with Crippen LogP contribution in [0.4, 0.5) is 10.2 Å². The topological polar surface area (TPSA) is 56.1 Å². The van der Waals surface area contributed by atoms with E-state index in [1.807, 2.05) is 24.4 Å². The SMILES string of the molecule is Cc1ccc(Cl)c(OCc2csc(C(=O)Nc3ccn(Cc4ccc(F)cc4)n3)c2)c1. The summed E-state index contributed by atoms with van der Waals surface area (Å²) in [5.41, 5.74) is 2.86. The molecule has 5 nitrogen and oxygen atoms in total. The normalized spacial score (nSPS) is 10.8. The summed E-state index contributed by atoms with van der Waals surface area (Å²) in [6, 6.07) is 15.3. The van der Waals surface area contributed by atoms with Crippen molar-refractivity contribution in [2.45, 2.75) is 20.1 Å². The Kier molecular flexibility index (Phi) is 6.34. The molecule has 0 atom stereocenters. The average molecular weight is 456 g/mol. The van der Waals surface area contributed by atoms with E-state index in [4.69, 9.17) is 16.3 Å². The number of ether oxygens (including phenoxy) is 1. The largest absolute Gasteiger partial charge is 0.487 e. The summed E-state index contributed by atoms with van der Waals surface area (Å²) in [5.74, 6) is 0.548. The second-order valence-electron chi connectivity index (χ2n) is 7.02. The summed E-state index contributed by atoms with van der Waals surface area (Å²) in [4.78, 5) is 13.1. The molecule has 0 aliphatic carbocycles. The van der Waals surface area contributed by atoms with Crippen molar-refractivity contribution in [2.75, 3.05) is 5.32 Å². The summed E-state index contributed by atoms with van der Waals surface area (Å²) < 4.78 is 20.5. The van der Waals surface area contributed by atoms with Gasteiger partial charge < -0.3 is 10.1 Å². The van der Waals surface area contributed by atoms with Crippen LogP contribution in [-0.4, -0.2) is 15.7 Å². The van der Waals surface area contributed by atoms with E-state index in [1.54, 1.807) is 41.2 Å². The van der Waals surface area contributed by atoms with E-state index in [9.17, 15) is 9.18 Å². The molecule has 0 radical (unpaired) electrons. The van der Waals surface area contributed by atoms with Gasteiger partial charge in [-0.1, -0.05) is 29.8 Å². The van der Waals surface area contributed by atoms with Crippen LogP contribution in [0.1, 0.15) is 26.4 Å². The van der Waals surface area contributed by atoms with Crippen LogP contribution in [0.2, 0.25) is 5.02 Å². The highest BCUT2D eigenvalue weighted by atomic mass is 35.5. The molecule has 31 heavy (non-hydrogen) atoms. The Hall–Kier alpha value is -3.16. The van der Waals surface area contributed by atoms with E-state index in [2.05, 4.69) is 10.4 Å². The summed E-state index contributed by atoms with van der Waals surface area (Å²) in [7, 11) is 0. The van der Waals surface area contributed by atoms with Crippen molar-refractivity contribution in [3.05, 3.63) is 98.6 Å². The van der Waals surface area contributed by atoms with Crippen LogP contribution in [0.25, 0.3) is 0 Å². The van der Waals surface area contributed by atoms with Gasteiger partial charge in [0.15, 0.2) is 5.82 Å². The molecule has 158 valence electrons. The number of nitrogens with one attached hydrogen (secondary N) is 1. The van der Waals surface area contributed by atoms with Crippen LogP contribution in [0.15, 0.2) is 66.2 Å². The molecule has 2 aromatic heterocycles. The summed E-state index contributed by atoms with van der Waals surface area (Å²) >= 11 is 7.49. The first kappa shape index (κ1) is 21.1. The van der Waals surface area contributed by atoms with Gasteiger partial charge in [-0.3, -0.25) is 9.48 Å². The smallest absolute Gasteiger partial charge is 0.266 e. The minimum absolute atomic E-state index is 0.239. The average Bonchev–Trinajstić information content (AvgIpc) is 3.40. The maximum atomic E-state index is 13.0. The third-order valence-electron chi connectivity index (χ3n) is 4.50. The quantitative estimate of drug-likeness (QED) is 0.376. The van der Waals surface area contributed by atoms with Gasteiger partial charge >= 0.3 is 0 Å². The number of hydrogen-bond acceptors (Lipinski definition) is 4. The second-order valence-corrected chi connectivity index (χ2v) is 8.34. The number of aryl methyl sites for hydroxylation is 1. The predicted octanol–water partition coefficient (Wildman–Crippen LogP) is 5.93. The first-order valence-electron chi connectivity index (χ1n) is 9.52. The molecule has 0 unspecified atom stereocenters. The molecule has 4 rings (SSSR count). The maximum Gasteiger partial charge on any atom is 0.266 e. The number of carbonyl (C=O) groups is 1. The Labute approximate surface area is 188 Å². The van der Waals surface area contributed by atoms with Gasteiger partial charge in [0.05, 0.1) is 16.4 Å². The molecule has 2 heterocycles. The molecular weight excluding hydrogens is 437 g/mol. The van der Waals surface area contributed by atoms with E-state index >= 15 is 0 Å². The number of benzene rings is 2. The van der Waals surface area contributed by atoms with Gasteiger partial charge in [0, 0.05) is 17.8 Å². The zero-order valence-electron chi connectivity index (χ0n) is 16.6. The molecule has 0 saturated carbocycles. The van der Waals surface area contributed by atoms with Gasteiger partial charge in [-0.15, -0.1) is 11.3 Å². The van der Waals surface area contributed by atoms with Crippen molar-refractivity contribution >= 4 is 34.7 Å². The fourth-order valence-corrected chi connectivity index (χ4v) is 3.89. The predicted molar refractivity (Wildman–Crippen MR) is 121 cm³/mol. The first-order valence-corrected chi connectivity index (χ1v) is 10.8. The minimum Gasteiger partial charge on any atom is -0.487 e. The molecule has 0 aliphatic rings. The fraction of sp³-hybridized carbons (Fsp3) is 0.130. The molecule has 2 aromatic carbocycles. The second kappa shape index (κ2) is 9.32. The number of anilines is 1. The monoisotopic (exact) mass is 455 g/mol. The highest BCUT2D eigenvalue weighted by Crippen LogP contribution is 2.27. The highest BCUT2D eigenvalue weighted by Gasteiger charge is 2.12. The van der Waals surface area contributed by atoms with Crippen molar-refractivity contribution in [2.24, 2.45) is 0 Å². The number of hydrogen-bond donors (Lipinski definition) is 1. The number of thiophene rings is 1. The lowest BCUT2D eigenvalue weighted by Gasteiger charge is -2.07. The first-order chi connectivity index (χ1) is 15.0. The van der Waals surface area contributed by atoms with Gasteiger partial charge in [-0.2, -0.15) is 5.10 Å². The number of carbonyl (C=O) groups excluding carboxylic acids is 1. The van der Waals surface area contributed by atoms with Gasteiger partial charge in [-0.05, 0) is 53.8 Å². The van der Waals surface area contributed by atoms with Crippen molar-refractivity contribution in [3.63, 3.8) is 0 Å². The third kappa shape index (κ3) is 5.51. The standard InChI is InChI=1S/C23H19ClFN3O2S/c1-15-2-7-19(24)20(10-15)30-13-17-11-21(31-14-17)23(29)26-22-8-9-28(27-22)12-16-3-5-18(25)6-4-16/h2-11,14H,12-13H2,1H3,(H,26,27,29). The van der Waals surface area contributed by atoms with Crippen LogP contribution in [0.3, 0.4) is 0 Å². The molecule has 4 aromatic rings. The third-order valence-corrected chi connectivity index (χ3v) is 5.79. The number of rotatable bonds is 7.